The molecule has 2 unspecified atom stereocenters. The van der Waals surface area contributed by atoms with E-state index in [0.717, 1.165) is 19.3 Å². The molecular weight excluding hydrogens is 191 g/mol. The Kier molecular flexibility index (Phi) is 6.98. The van der Waals surface area contributed by atoms with Crippen LogP contribution < -0.4 is 0 Å². The standard InChI is InChI=1S/C10H18Cl2/c1-8(2)6-4-5-7-10(12)9(3)11/h9-10H,1,4-7H2,2-3H3. The van der Waals surface area contributed by atoms with Crippen molar-refractivity contribution in [2.45, 2.75) is 50.3 Å². The lowest BCUT2D eigenvalue weighted by Crippen LogP contribution is -2.10. The minimum atomic E-state index is 0.0801. The van der Waals surface area contributed by atoms with Crippen LogP contribution in [0.2, 0.25) is 0 Å². The molecule has 0 rings (SSSR count). The molecular formula is C10H18Cl2. The average molecular weight is 209 g/mol. The summed E-state index contributed by atoms with van der Waals surface area (Å²) in [6.45, 7) is 7.85. The first kappa shape index (κ1) is 12.3. The summed E-state index contributed by atoms with van der Waals surface area (Å²) in [6, 6.07) is 0. The molecule has 0 fully saturated rings. The highest BCUT2D eigenvalue weighted by Crippen LogP contribution is 2.17. The Morgan fingerprint density at radius 3 is 2.33 bits per heavy atom. The highest BCUT2D eigenvalue weighted by molar-refractivity contribution is 6.29. The Morgan fingerprint density at radius 2 is 1.92 bits per heavy atom. The third kappa shape index (κ3) is 7.00. The number of alkyl halides is 2. The normalized spacial score (nSPS) is 15.7. The monoisotopic (exact) mass is 208 g/mol. The van der Waals surface area contributed by atoms with Gasteiger partial charge in [0.1, 0.15) is 0 Å². The fourth-order valence-electron chi connectivity index (χ4n) is 0.996. The Balaban J connectivity index is 3.25. The van der Waals surface area contributed by atoms with Gasteiger partial charge in [0.15, 0.2) is 0 Å². The zero-order valence-electron chi connectivity index (χ0n) is 7.95. The van der Waals surface area contributed by atoms with E-state index in [1.54, 1.807) is 0 Å². The second kappa shape index (κ2) is 6.80. The molecule has 0 aromatic carbocycles. The van der Waals surface area contributed by atoms with Gasteiger partial charge in [-0.05, 0) is 33.1 Å². The minimum Gasteiger partial charge on any atom is -0.122 e. The molecule has 0 radical (unpaired) electrons. The van der Waals surface area contributed by atoms with Crippen LogP contribution in [0, 0.1) is 0 Å². The highest BCUT2D eigenvalue weighted by atomic mass is 35.5. The van der Waals surface area contributed by atoms with Crippen LogP contribution in [0.4, 0.5) is 0 Å². The van der Waals surface area contributed by atoms with E-state index in [9.17, 15) is 0 Å². The summed E-state index contributed by atoms with van der Waals surface area (Å²) in [7, 11) is 0. The van der Waals surface area contributed by atoms with Gasteiger partial charge in [-0.25, -0.2) is 0 Å². The lowest BCUT2D eigenvalue weighted by Gasteiger charge is -2.10. The first-order valence-corrected chi connectivity index (χ1v) is 5.34. The van der Waals surface area contributed by atoms with Crippen LogP contribution in [0.1, 0.15) is 39.5 Å². The van der Waals surface area contributed by atoms with Crippen molar-refractivity contribution in [1.29, 1.82) is 0 Å². The molecule has 0 aliphatic heterocycles. The first-order chi connectivity index (χ1) is 5.54. The molecule has 0 aromatic heterocycles. The van der Waals surface area contributed by atoms with Gasteiger partial charge in [-0.15, -0.1) is 29.8 Å². The maximum atomic E-state index is 5.98. The number of rotatable bonds is 6. The molecule has 12 heavy (non-hydrogen) atoms. The lowest BCUT2D eigenvalue weighted by atomic mass is 10.1. The van der Waals surface area contributed by atoms with Crippen LogP contribution in [-0.4, -0.2) is 10.8 Å². The zero-order chi connectivity index (χ0) is 9.56. The molecule has 2 atom stereocenters. The molecule has 0 heterocycles. The maximum absolute atomic E-state index is 5.98. The quantitative estimate of drug-likeness (QED) is 0.346. The van der Waals surface area contributed by atoms with Crippen LogP contribution >= 0.6 is 23.2 Å². The number of hydrogen-bond donors (Lipinski definition) is 0. The Hall–Kier alpha value is 0.320. The molecule has 0 nitrogen and oxygen atoms in total. The lowest BCUT2D eigenvalue weighted by molar-refractivity contribution is 0.640. The largest absolute Gasteiger partial charge is 0.122 e. The van der Waals surface area contributed by atoms with Crippen molar-refractivity contribution in [2.24, 2.45) is 0 Å². The third-order valence-electron chi connectivity index (χ3n) is 1.83. The molecule has 0 spiro atoms. The number of unbranched alkanes of at least 4 members (excludes halogenated alkanes) is 1. The van der Waals surface area contributed by atoms with Gasteiger partial charge in [0.25, 0.3) is 0 Å². The SMILES string of the molecule is C=C(C)CCCCC(Cl)C(C)Cl. The van der Waals surface area contributed by atoms with Crippen molar-refractivity contribution < 1.29 is 0 Å². The molecule has 72 valence electrons. The molecule has 0 aromatic rings. The predicted octanol–water partition coefficient (Wildman–Crippen LogP) is 4.36. The van der Waals surface area contributed by atoms with Gasteiger partial charge in [-0.1, -0.05) is 12.0 Å². The van der Waals surface area contributed by atoms with Gasteiger partial charge < -0.3 is 0 Å². The molecule has 2 heteroatoms. The van der Waals surface area contributed by atoms with E-state index >= 15 is 0 Å². The Bertz CT molecular complexity index is 130. The van der Waals surface area contributed by atoms with Crippen molar-refractivity contribution in [2.75, 3.05) is 0 Å². The van der Waals surface area contributed by atoms with E-state index < -0.39 is 0 Å². The van der Waals surface area contributed by atoms with Crippen LogP contribution in [0.5, 0.6) is 0 Å². The summed E-state index contributed by atoms with van der Waals surface area (Å²) >= 11 is 11.8. The van der Waals surface area contributed by atoms with E-state index in [4.69, 9.17) is 23.2 Å². The fraction of sp³-hybridized carbons (Fsp3) is 0.800. The topological polar surface area (TPSA) is 0 Å². The van der Waals surface area contributed by atoms with Gasteiger partial charge in [-0.3, -0.25) is 0 Å². The van der Waals surface area contributed by atoms with E-state index in [2.05, 4.69) is 13.5 Å². The van der Waals surface area contributed by atoms with Crippen molar-refractivity contribution >= 4 is 23.2 Å². The van der Waals surface area contributed by atoms with Crippen LogP contribution in [-0.2, 0) is 0 Å². The molecule has 0 aliphatic rings. The van der Waals surface area contributed by atoms with Gasteiger partial charge in [-0.2, -0.15) is 0 Å². The van der Waals surface area contributed by atoms with Gasteiger partial charge in [0.05, 0.1) is 0 Å². The third-order valence-corrected chi connectivity index (χ3v) is 2.86. The maximum Gasteiger partial charge on any atom is 0.0497 e. The Labute approximate surface area is 85.9 Å². The van der Waals surface area contributed by atoms with Crippen molar-refractivity contribution in [1.82, 2.24) is 0 Å². The van der Waals surface area contributed by atoms with Crippen LogP contribution in [0.3, 0.4) is 0 Å². The molecule has 0 saturated carbocycles. The zero-order valence-corrected chi connectivity index (χ0v) is 9.46. The van der Waals surface area contributed by atoms with E-state index in [1.165, 1.54) is 12.0 Å². The second-order valence-electron chi connectivity index (χ2n) is 3.40. The van der Waals surface area contributed by atoms with E-state index in [1.807, 2.05) is 6.92 Å². The molecule has 0 amide bonds. The first-order valence-electron chi connectivity index (χ1n) is 4.46. The summed E-state index contributed by atoms with van der Waals surface area (Å²) < 4.78 is 0. The van der Waals surface area contributed by atoms with Crippen molar-refractivity contribution in [3.63, 3.8) is 0 Å². The van der Waals surface area contributed by atoms with E-state index in [0.29, 0.717) is 0 Å². The van der Waals surface area contributed by atoms with Crippen LogP contribution in [0.25, 0.3) is 0 Å². The number of hydrogen-bond acceptors (Lipinski definition) is 0. The predicted molar refractivity (Wildman–Crippen MR) is 58.2 cm³/mol. The fourth-order valence-corrected chi connectivity index (χ4v) is 1.28. The molecule has 0 bridgehead atoms. The van der Waals surface area contributed by atoms with E-state index in [-0.39, 0.29) is 10.8 Å². The van der Waals surface area contributed by atoms with Gasteiger partial charge >= 0.3 is 0 Å². The smallest absolute Gasteiger partial charge is 0.0497 e. The summed E-state index contributed by atoms with van der Waals surface area (Å²) in [4.78, 5) is 0. The van der Waals surface area contributed by atoms with Gasteiger partial charge in [0.2, 0.25) is 0 Å². The molecule has 0 aliphatic carbocycles. The van der Waals surface area contributed by atoms with Crippen molar-refractivity contribution in [3.8, 4) is 0 Å². The Morgan fingerprint density at radius 1 is 1.33 bits per heavy atom. The summed E-state index contributed by atoms with van der Waals surface area (Å²) in [5, 5.41) is 0.202. The molecule has 0 saturated heterocycles. The minimum absolute atomic E-state index is 0.0801. The van der Waals surface area contributed by atoms with Crippen LogP contribution in [0.15, 0.2) is 12.2 Å². The average Bonchev–Trinajstić information content (AvgIpc) is 1.97. The van der Waals surface area contributed by atoms with Gasteiger partial charge in [0, 0.05) is 10.8 Å². The van der Waals surface area contributed by atoms with Crippen molar-refractivity contribution in [3.05, 3.63) is 12.2 Å². The number of halogens is 2. The summed E-state index contributed by atoms with van der Waals surface area (Å²) in [5.41, 5.74) is 1.25. The summed E-state index contributed by atoms with van der Waals surface area (Å²) in [5.74, 6) is 0. The highest BCUT2D eigenvalue weighted by Gasteiger charge is 2.09. The number of allylic oxidation sites excluding steroid dienone is 1. The second-order valence-corrected chi connectivity index (χ2v) is 4.65. The summed E-state index contributed by atoms with van der Waals surface area (Å²) in [6.07, 6.45) is 4.46. The molecule has 0 N–H and O–H groups in total.